The largest absolute Gasteiger partial charge is 0.436 e. The van der Waals surface area contributed by atoms with Gasteiger partial charge in [0, 0.05) is 18.3 Å². The predicted octanol–water partition coefficient (Wildman–Crippen LogP) is 3.69. The summed E-state index contributed by atoms with van der Waals surface area (Å²) in [6.45, 7) is 1.86. The zero-order valence-corrected chi connectivity index (χ0v) is 10.5. The third-order valence-corrected chi connectivity index (χ3v) is 2.71. The molecule has 0 aliphatic rings. The number of nitrogens with zero attached hydrogens (tertiary/aromatic N) is 1. The molecule has 3 nitrogen and oxygen atoms in total. The maximum Gasteiger partial charge on any atom is 0.219 e. The highest BCUT2D eigenvalue weighted by Crippen LogP contribution is 2.27. The van der Waals surface area contributed by atoms with E-state index in [0.29, 0.717) is 5.88 Å². The monoisotopic (exact) mass is 266 g/mol. The van der Waals surface area contributed by atoms with E-state index in [2.05, 4.69) is 4.98 Å². The van der Waals surface area contributed by atoms with E-state index in [1.54, 1.807) is 24.4 Å². The molecule has 0 radical (unpaired) electrons. The summed E-state index contributed by atoms with van der Waals surface area (Å²) in [5.41, 5.74) is 6.59. The Balaban J connectivity index is 2.21. The lowest BCUT2D eigenvalue weighted by atomic mass is 10.2. The van der Waals surface area contributed by atoms with Gasteiger partial charge in [0.2, 0.25) is 5.88 Å². The van der Waals surface area contributed by atoms with Crippen LogP contribution in [0.15, 0.2) is 36.5 Å². The molecule has 2 aromatic rings. The zero-order chi connectivity index (χ0) is 13.1. The van der Waals surface area contributed by atoms with Crippen molar-refractivity contribution < 1.29 is 9.13 Å². The summed E-state index contributed by atoms with van der Waals surface area (Å²) in [4.78, 5) is 4.05. The Kier molecular flexibility index (Phi) is 3.79. The number of hydrogen-bond acceptors (Lipinski definition) is 3. The average molecular weight is 267 g/mol. The van der Waals surface area contributed by atoms with Crippen molar-refractivity contribution in [2.24, 2.45) is 5.73 Å². The fraction of sp³-hybridized carbons (Fsp3) is 0.154. The van der Waals surface area contributed by atoms with Gasteiger partial charge in [0.15, 0.2) is 11.6 Å². The molecule has 2 N–H and O–H groups in total. The first-order valence-corrected chi connectivity index (χ1v) is 5.79. The molecule has 1 unspecified atom stereocenters. The van der Waals surface area contributed by atoms with Gasteiger partial charge in [-0.15, -0.1) is 0 Å². The number of ether oxygens (including phenoxy) is 1. The van der Waals surface area contributed by atoms with Crippen LogP contribution in [-0.2, 0) is 0 Å². The highest BCUT2D eigenvalue weighted by atomic mass is 35.5. The van der Waals surface area contributed by atoms with E-state index in [-0.39, 0.29) is 16.8 Å². The smallest absolute Gasteiger partial charge is 0.219 e. The maximum absolute atomic E-state index is 13.6. The third-order valence-electron chi connectivity index (χ3n) is 2.42. The number of hydrogen-bond donors (Lipinski definition) is 1. The second-order valence-electron chi connectivity index (χ2n) is 3.87. The molecule has 5 heteroatoms. The van der Waals surface area contributed by atoms with Gasteiger partial charge in [-0.2, -0.15) is 0 Å². The van der Waals surface area contributed by atoms with Gasteiger partial charge in [0.05, 0.1) is 5.02 Å². The molecule has 2 rings (SSSR count). The first-order valence-electron chi connectivity index (χ1n) is 5.41. The van der Waals surface area contributed by atoms with Crippen LogP contribution in [0, 0.1) is 5.82 Å². The molecule has 0 aliphatic heterocycles. The Morgan fingerprint density at radius 3 is 2.72 bits per heavy atom. The molecule has 1 aromatic carbocycles. The van der Waals surface area contributed by atoms with E-state index in [0.717, 1.165) is 5.56 Å². The summed E-state index contributed by atoms with van der Waals surface area (Å²) in [6, 6.07) is 7.87. The maximum atomic E-state index is 13.6. The standard InChI is InChI=1S/C13H12ClFN2O/c1-8(16)9-5-6-12(17-7-9)18-11-4-2-3-10(14)13(11)15/h2-8H,16H2,1H3. The Morgan fingerprint density at radius 1 is 1.33 bits per heavy atom. The van der Waals surface area contributed by atoms with Crippen molar-refractivity contribution in [2.75, 3.05) is 0 Å². The SMILES string of the molecule is CC(N)c1ccc(Oc2cccc(Cl)c2F)nc1. The second-order valence-corrected chi connectivity index (χ2v) is 4.28. The second kappa shape index (κ2) is 5.33. The van der Waals surface area contributed by atoms with Gasteiger partial charge in [0.25, 0.3) is 0 Å². The van der Waals surface area contributed by atoms with Gasteiger partial charge in [-0.05, 0) is 24.6 Å². The number of halogens is 2. The zero-order valence-electron chi connectivity index (χ0n) is 9.73. The molecule has 1 heterocycles. The normalized spacial score (nSPS) is 12.2. The number of aromatic nitrogens is 1. The van der Waals surface area contributed by atoms with Crippen molar-refractivity contribution in [2.45, 2.75) is 13.0 Å². The van der Waals surface area contributed by atoms with Crippen molar-refractivity contribution in [1.82, 2.24) is 4.98 Å². The van der Waals surface area contributed by atoms with Crippen LogP contribution in [-0.4, -0.2) is 4.98 Å². The van der Waals surface area contributed by atoms with E-state index in [1.807, 2.05) is 6.92 Å². The molecule has 0 aliphatic carbocycles. The molecule has 1 aromatic heterocycles. The van der Waals surface area contributed by atoms with Crippen molar-refractivity contribution in [1.29, 1.82) is 0 Å². The number of rotatable bonds is 3. The molecule has 1 atom stereocenters. The summed E-state index contributed by atoms with van der Waals surface area (Å²) < 4.78 is 18.9. The number of nitrogens with two attached hydrogens (primary N) is 1. The molecular formula is C13H12ClFN2O. The first kappa shape index (κ1) is 12.8. The Hall–Kier alpha value is -1.65. The van der Waals surface area contributed by atoms with Crippen molar-refractivity contribution in [3.63, 3.8) is 0 Å². The first-order chi connectivity index (χ1) is 8.58. The minimum Gasteiger partial charge on any atom is -0.436 e. The number of benzene rings is 1. The van der Waals surface area contributed by atoms with Crippen LogP contribution in [0.4, 0.5) is 4.39 Å². The molecule has 0 bridgehead atoms. The quantitative estimate of drug-likeness (QED) is 0.922. The molecular weight excluding hydrogens is 255 g/mol. The van der Waals surface area contributed by atoms with E-state index in [1.165, 1.54) is 12.1 Å². The Bertz CT molecular complexity index is 543. The van der Waals surface area contributed by atoms with E-state index in [9.17, 15) is 4.39 Å². The fourth-order valence-corrected chi connectivity index (χ4v) is 1.56. The minimum absolute atomic E-state index is 0.0136. The van der Waals surface area contributed by atoms with Gasteiger partial charge in [0.1, 0.15) is 0 Å². The van der Waals surface area contributed by atoms with Crippen LogP contribution in [0.5, 0.6) is 11.6 Å². The molecule has 94 valence electrons. The van der Waals surface area contributed by atoms with Crippen molar-refractivity contribution >= 4 is 11.6 Å². The third kappa shape index (κ3) is 2.78. The lowest BCUT2D eigenvalue weighted by molar-refractivity contribution is 0.427. The molecule has 0 amide bonds. The van der Waals surface area contributed by atoms with Gasteiger partial charge >= 0.3 is 0 Å². The fourth-order valence-electron chi connectivity index (χ4n) is 1.40. The summed E-state index contributed by atoms with van der Waals surface area (Å²) >= 11 is 5.65. The van der Waals surface area contributed by atoms with Gasteiger partial charge in [-0.1, -0.05) is 23.7 Å². The van der Waals surface area contributed by atoms with E-state index >= 15 is 0 Å². The highest BCUT2D eigenvalue weighted by Gasteiger charge is 2.09. The summed E-state index contributed by atoms with van der Waals surface area (Å²) in [6.07, 6.45) is 1.60. The topological polar surface area (TPSA) is 48.1 Å². The molecule has 18 heavy (non-hydrogen) atoms. The Morgan fingerprint density at radius 2 is 2.11 bits per heavy atom. The average Bonchev–Trinajstić information content (AvgIpc) is 2.36. The minimum atomic E-state index is -0.600. The van der Waals surface area contributed by atoms with E-state index in [4.69, 9.17) is 22.1 Å². The van der Waals surface area contributed by atoms with E-state index < -0.39 is 5.82 Å². The molecule has 0 spiro atoms. The van der Waals surface area contributed by atoms with Crippen molar-refractivity contribution in [3.05, 3.63) is 52.9 Å². The predicted molar refractivity (Wildman–Crippen MR) is 68.3 cm³/mol. The van der Waals surface area contributed by atoms with Crippen LogP contribution in [0.2, 0.25) is 5.02 Å². The van der Waals surface area contributed by atoms with Crippen LogP contribution in [0.1, 0.15) is 18.5 Å². The lowest BCUT2D eigenvalue weighted by Gasteiger charge is -2.08. The molecule has 0 saturated heterocycles. The summed E-state index contributed by atoms with van der Waals surface area (Å²) in [5.74, 6) is -0.263. The lowest BCUT2D eigenvalue weighted by Crippen LogP contribution is -2.05. The van der Waals surface area contributed by atoms with Crippen LogP contribution < -0.4 is 10.5 Å². The van der Waals surface area contributed by atoms with Gasteiger partial charge in [-0.3, -0.25) is 0 Å². The summed E-state index contributed by atoms with van der Waals surface area (Å²) in [5, 5.41) is 0.0136. The van der Waals surface area contributed by atoms with Crippen LogP contribution in [0.25, 0.3) is 0 Å². The van der Waals surface area contributed by atoms with Crippen molar-refractivity contribution in [3.8, 4) is 11.6 Å². The number of pyridine rings is 1. The highest BCUT2D eigenvalue weighted by molar-refractivity contribution is 6.30. The molecule has 0 saturated carbocycles. The van der Waals surface area contributed by atoms with Crippen LogP contribution in [0.3, 0.4) is 0 Å². The van der Waals surface area contributed by atoms with Crippen LogP contribution >= 0.6 is 11.6 Å². The van der Waals surface area contributed by atoms with Gasteiger partial charge in [-0.25, -0.2) is 9.37 Å². The Labute approximate surface area is 109 Å². The summed E-state index contributed by atoms with van der Waals surface area (Å²) in [7, 11) is 0. The van der Waals surface area contributed by atoms with Gasteiger partial charge < -0.3 is 10.5 Å². The molecule has 0 fully saturated rings.